The summed E-state index contributed by atoms with van der Waals surface area (Å²) in [6.45, 7) is 0. The highest BCUT2D eigenvalue weighted by molar-refractivity contribution is 5.74. The fourth-order valence-corrected chi connectivity index (χ4v) is 2.05. The lowest BCUT2D eigenvalue weighted by Gasteiger charge is -2.06. The number of methoxy groups -OCH3 is 1. The lowest BCUT2D eigenvalue weighted by atomic mass is 10.1. The van der Waals surface area contributed by atoms with Gasteiger partial charge in [0.15, 0.2) is 0 Å². The number of rotatable bonds is 2. The van der Waals surface area contributed by atoms with Crippen LogP contribution in [0.15, 0.2) is 30.9 Å². The topological polar surface area (TPSA) is 68.1 Å². The molecule has 6 nitrogen and oxygen atoms in total. The maximum atomic E-state index is 9.06. The van der Waals surface area contributed by atoms with Crippen molar-refractivity contribution < 1.29 is 4.74 Å². The lowest BCUT2D eigenvalue weighted by molar-refractivity contribution is 0.417. The Bertz CT molecular complexity index is 793. The second-order valence-corrected chi connectivity index (χ2v) is 4.16. The maximum absolute atomic E-state index is 9.06. The molecule has 3 aromatic rings. The summed E-state index contributed by atoms with van der Waals surface area (Å²) in [5, 5.41) is 17.4. The highest BCUT2D eigenvalue weighted by atomic mass is 16.5. The summed E-state index contributed by atoms with van der Waals surface area (Å²) in [5.41, 5.74) is 3.08. The summed E-state index contributed by atoms with van der Waals surface area (Å²) in [4.78, 5) is 0. The van der Waals surface area contributed by atoms with Gasteiger partial charge in [0.1, 0.15) is 22.9 Å². The first-order valence-electron chi connectivity index (χ1n) is 5.67. The number of aryl methyl sites for hydroxylation is 1. The zero-order valence-electron chi connectivity index (χ0n) is 10.5. The third-order valence-corrected chi connectivity index (χ3v) is 2.96. The van der Waals surface area contributed by atoms with E-state index in [0.29, 0.717) is 16.8 Å². The van der Waals surface area contributed by atoms with Gasteiger partial charge in [0, 0.05) is 30.6 Å². The van der Waals surface area contributed by atoms with Gasteiger partial charge in [-0.3, -0.25) is 4.68 Å². The van der Waals surface area contributed by atoms with Crippen molar-refractivity contribution in [3.63, 3.8) is 0 Å². The summed E-state index contributed by atoms with van der Waals surface area (Å²) in [6.07, 6.45) is 7.07. The first kappa shape index (κ1) is 11.3. The molecular formula is C13H11N5O. The summed E-state index contributed by atoms with van der Waals surface area (Å²) in [5.74, 6) is 0.621. The van der Waals surface area contributed by atoms with Crippen LogP contribution in [0.5, 0.6) is 5.75 Å². The van der Waals surface area contributed by atoms with Crippen LogP contribution in [0.2, 0.25) is 0 Å². The van der Waals surface area contributed by atoms with E-state index in [9.17, 15) is 0 Å². The van der Waals surface area contributed by atoms with E-state index in [1.165, 1.54) is 6.20 Å². The molecule has 0 radical (unpaired) electrons. The largest absolute Gasteiger partial charge is 0.494 e. The smallest absolute Gasteiger partial charge is 0.146 e. The monoisotopic (exact) mass is 253 g/mol. The quantitative estimate of drug-likeness (QED) is 0.696. The molecule has 0 bridgehead atoms. The van der Waals surface area contributed by atoms with Gasteiger partial charge in [-0.1, -0.05) is 0 Å². The molecule has 0 N–H and O–H groups in total. The van der Waals surface area contributed by atoms with Gasteiger partial charge in [0.25, 0.3) is 0 Å². The number of hydrogen-bond donors (Lipinski definition) is 0. The Balaban J connectivity index is 2.27. The van der Waals surface area contributed by atoms with Crippen molar-refractivity contribution in [3.8, 4) is 22.9 Å². The van der Waals surface area contributed by atoms with Gasteiger partial charge >= 0.3 is 0 Å². The Hall–Kier alpha value is -2.81. The zero-order valence-corrected chi connectivity index (χ0v) is 10.5. The number of nitriles is 1. The van der Waals surface area contributed by atoms with E-state index >= 15 is 0 Å². The van der Waals surface area contributed by atoms with Gasteiger partial charge in [-0.15, -0.1) is 0 Å². The first-order chi connectivity index (χ1) is 9.22. The fourth-order valence-electron chi connectivity index (χ4n) is 2.05. The van der Waals surface area contributed by atoms with Crippen LogP contribution in [0.25, 0.3) is 16.6 Å². The molecule has 3 heterocycles. The predicted octanol–water partition coefficient (Wildman–Crippen LogP) is 1.62. The van der Waals surface area contributed by atoms with Crippen molar-refractivity contribution in [1.82, 2.24) is 19.4 Å². The second kappa shape index (κ2) is 4.14. The SMILES string of the molecule is COc1cc(-c2cnn(C)c2)cn2ncc(C#N)c12. The molecule has 0 saturated carbocycles. The third-order valence-electron chi connectivity index (χ3n) is 2.96. The molecule has 0 amide bonds. The van der Waals surface area contributed by atoms with Gasteiger partial charge in [0.05, 0.1) is 19.5 Å². The normalized spacial score (nSPS) is 10.6. The molecule has 3 aromatic heterocycles. The van der Waals surface area contributed by atoms with E-state index in [4.69, 9.17) is 10.00 Å². The third kappa shape index (κ3) is 1.72. The van der Waals surface area contributed by atoms with E-state index in [-0.39, 0.29) is 0 Å². The van der Waals surface area contributed by atoms with Crippen molar-refractivity contribution in [2.75, 3.05) is 7.11 Å². The van der Waals surface area contributed by atoms with E-state index in [1.54, 1.807) is 22.5 Å². The van der Waals surface area contributed by atoms with Crippen molar-refractivity contribution in [2.24, 2.45) is 7.05 Å². The van der Waals surface area contributed by atoms with E-state index in [0.717, 1.165) is 11.1 Å². The average molecular weight is 253 g/mol. The number of aromatic nitrogens is 4. The minimum atomic E-state index is 0.495. The lowest BCUT2D eigenvalue weighted by Crippen LogP contribution is -1.94. The minimum absolute atomic E-state index is 0.495. The first-order valence-corrected chi connectivity index (χ1v) is 5.67. The molecule has 0 aliphatic carbocycles. The standard InChI is InChI=1S/C13H11N5O/c1-17-7-11(6-15-17)9-3-12(19-2)13-10(4-14)5-16-18(13)8-9/h3,5-8H,1-2H3. The summed E-state index contributed by atoms with van der Waals surface area (Å²) in [7, 11) is 3.44. The van der Waals surface area contributed by atoms with Crippen LogP contribution in [0.1, 0.15) is 5.56 Å². The van der Waals surface area contributed by atoms with Crippen LogP contribution in [0, 0.1) is 11.3 Å². The van der Waals surface area contributed by atoms with Gasteiger partial charge in [-0.05, 0) is 6.07 Å². The second-order valence-electron chi connectivity index (χ2n) is 4.16. The molecule has 0 aliphatic rings. The van der Waals surface area contributed by atoms with Gasteiger partial charge in [-0.25, -0.2) is 4.52 Å². The minimum Gasteiger partial charge on any atom is -0.494 e. The molecule has 94 valence electrons. The molecule has 19 heavy (non-hydrogen) atoms. The molecule has 0 unspecified atom stereocenters. The summed E-state index contributed by atoms with van der Waals surface area (Å²) < 4.78 is 8.74. The van der Waals surface area contributed by atoms with E-state index in [1.807, 2.05) is 25.5 Å². The number of fused-ring (bicyclic) bond motifs is 1. The molecule has 0 spiro atoms. The highest BCUT2D eigenvalue weighted by Gasteiger charge is 2.12. The van der Waals surface area contributed by atoms with Crippen LogP contribution < -0.4 is 4.74 Å². The van der Waals surface area contributed by atoms with Crippen LogP contribution in [0.3, 0.4) is 0 Å². The highest BCUT2D eigenvalue weighted by Crippen LogP contribution is 2.29. The van der Waals surface area contributed by atoms with Gasteiger partial charge < -0.3 is 4.74 Å². The molecule has 6 heteroatoms. The van der Waals surface area contributed by atoms with Crippen LogP contribution in [-0.2, 0) is 7.05 Å². The molecule has 0 aliphatic heterocycles. The van der Waals surface area contributed by atoms with Gasteiger partial charge in [-0.2, -0.15) is 15.5 Å². The van der Waals surface area contributed by atoms with Crippen LogP contribution in [-0.4, -0.2) is 26.5 Å². The summed E-state index contributed by atoms with van der Waals surface area (Å²) in [6, 6.07) is 3.99. The molecule has 0 atom stereocenters. The number of nitrogens with zero attached hydrogens (tertiary/aromatic N) is 5. The van der Waals surface area contributed by atoms with Crippen LogP contribution >= 0.6 is 0 Å². The average Bonchev–Trinajstić information content (AvgIpc) is 3.03. The number of ether oxygens (including phenoxy) is 1. The molecular weight excluding hydrogens is 242 g/mol. The Morgan fingerprint density at radius 3 is 2.68 bits per heavy atom. The molecule has 0 aromatic carbocycles. The van der Waals surface area contributed by atoms with Crippen molar-refractivity contribution in [3.05, 3.63) is 36.4 Å². The Labute approximate surface area is 109 Å². The van der Waals surface area contributed by atoms with Crippen molar-refractivity contribution in [1.29, 1.82) is 5.26 Å². The molecule has 0 saturated heterocycles. The van der Waals surface area contributed by atoms with Crippen LogP contribution in [0.4, 0.5) is 0 Å². The maximum Gasteiger partial charge on any atom is 0.146 e. The van der Waals surface area contributed by atoms with Gasteiger partial charge in [0.2, 0.25) is 0 Å². The Morgan fingerprint density at radius 2 is 2.05 bits per heavy atom. The number of hydrogen-bond acceptors (Lipinski definition) is 4. The predicted molar refractivity (Wildman–Crippen MR) is 68.7 cm³/mol. The Morgan fingerprint density at radius 1 is 1.21 bits per heavy atom. The molecule has 3 rings (SSSR count). The number of pyridine rings is 1. The zero-order chi connectivity index (χ0) is 13.4. The summed E-state index contributed by atoms with van der Waals surface area (Å²) >= 11 is 0. The van der Waals surface area contributed by atoms with E-state index in [2.05, 4.69) is 16.3 Å². The Kier molecular flexibility index (Phi) is 2.46. The molecule has 0 fully saturated rings. The van der Waals surface area contributed by atoms with E-state index < -0.39 is 0 Å². The van der Waals surface area contributed by atoms with Crippen molar-refractivity contribution >= 4 is 5.52 Å². The van der Waals surface area contributed by atoms with Crippen molar-refractivity contribution in [2.45, 2.75) is 0 Å². The fraction of sp³-hybridized carbons (Fsp3) is 0.154.